The maximum absolute atomic E-state index is 11.7. The number of aromatic hydroxyl groups is 1. The number of carbonyl (C=O) groups excluding carboxylic acids is 2. The number of phenols is 1. The van der Waals surface area contributed by atoms with Crippen LogP contribution in [-0.4, -0.2) is 17.0 Å². The molecular weight excluding hydrogens is 294 g/mol. The molecule has 3 amide bonds. The number of benzene rings is 2. The summed E-state index contributed by atoms with van der Waals surface area (Å²) in [5, 5.41) is 12.1. The maximum Gasteiger partial charge on any atom is 0.337 e. The molecule has 6 nitrogen and oxygen atoms in total. The molecule has 0 aromatic heterocycles. The molecule has 7 heteroatoms. The van der Waals surface area contributed by atoms with E-state index < -0.39 is 11.9 Å². The first-order chi connectivity index (χ1) is 10.0. The van der Waals surface area contributed by atoms with Crippen molar-refractivity contribution in [3.05, 3.63) is 59.1 Å². The molecule has 0 radical (unpaired) electrons. The lowest BCUT2D eigenvalue weighted by Crippen LogP contribution is -2.43. The van der Waals surface area contributed by atoms with E-state index in [2.05, 4.69) is 16.2 Å². The minimum absolute atomic E-state index is 0.0539. The van der Waals surface area contributed by atoms with Crippen molar-refractivity contribution in [2.75, 3.05) is 5.32 Å². The number of nitrogens with one attached hydrogen (secondary N) is 3. The molecule has 0 saturated carbocycles. The monoisotopic (exact) mass is 305 g/mol. The van der Waals surface area contributed by atoms with Gasteiger partial charge in [-0.3, -0.25) is 10.2 Å². The second-order valence-corrected chi connectivity index (χ2v) is 4.53. The Morgan fingerprint density at radius 1 is 1.00 bits per heavy atom. The molecule has 0 unspecified atom stereocenters. The van der Waals surface area contributed by atoms with Crippen molar-refractivity contribution in [2.45, 2.75) is 0 Å². The second-order valence-electron chi connectivity index (χ2n) is 4.09. The zero-order chi connectivity index (χ0) is 15.2. The third kappa shape index (κ3) is 4.39. The number of rotatable bonds is 2. The molecule has 0 saturated heterocycles. The molecule has 2 aromatic carbocycles. The fourth-order valence-electron chi connectivity index (χ4n) is 1.53. The van der Waals surface area contributed by atoms with E-state index in [0.29, 0.717) is 16.3 Å². The summed E-state index contributed by atoms with van der Waals surface area (Å²) in [6.07, 6.45) is 0. The summed E-state index contributed by atoms with van der Waals surface area (Å²) < 4.78 is 0. The molecule has 0 fully saturated rings. The fourth-order valence-corrected chi connectivity index (χ4v) is 1.72. The number of hydrogen-bond acceptors (Lipinski definition) is 3. The normalized spacial score (nSPS) is 9.76. The quantitative estimate of drug-likeness (QED) is 0.643. The summed E-state index contributed by atoms with van der Waals surface area (Å²) in [6.45, 7) is 0. The first kappa shape index (κ1) is 14.7. The molecule has 108 valence electrons. The minimum Gasteiger partial charge on any atom is -0.508 e. The van der Waals surface area contributed by atoms with Gasteiger partial charge >= 0.3 is 6.03 Å². The van der Waals surface area contributed by atoms with Crippen LogP contribution in [0, 0.1) is 0 Å². The molecule has 0 aliphatic heterocycles. The summed E-state index contributed by atoms with van der Waals surface area (Å²) in [5.41, 5.74) is 5.25. The van der Waals surface area contributed by atoms with Gasteiger partial charge in [-0.1, -0.05) is 17.7 Å². The van der Waals surface area contributed by atoms with Crippen LogP contribution < -0.4 is 16.2 Å². The molecule has 0 spiro atoms. The summed E-state index contributed by atoms with van der Waals surface area (Å²) in [6, 6.07) is 11.6. The van der Waals surface area contributed by atoms with E-state index in [1.807, 2.05) is 0 Å². The van der Waals surface area contributed by atoms with Crippen molar-refractivity contribution < 1.29 is 14.7 Å². The van der Waals surface area contributed by atoms with Crippen LogP contribution in [0.15, 0.2) is 48.5 Å². The highest BCUT2D eigenvalue weighted by Gasteiger charge is 2.07. The molecule has 2 rings (SSSR count). The fraction of sp³-hybridized carbons (Fsp3) is 0. The van der Waals surface area contributed by atoms with Crippen molar-refractivity contribution in [1.29, 1.82) is 0 Å². The van der Waals surface area contributed by atoms with E-state index in [0.717, 1.165) is 0 Å². The average molecular weight is 306 g/mol. The number of carbonyl (C=O) groups is 2. The first-order valence-corrected chi connectivity index (χ1v) is 6.34. The number of hydrazine groups is 1. The Morgan fingerprint density at radius 2 is 1.71 bits per heavy atom. The molecule has 0 bridgehead atoms. The van der Waals surface area contributed by atoms with E-state index in [1.54, 1.807) is 24.3 Å². The molecule has 21 heavy (non-hydrogen) atoms. The second kappa shape index (κ2) is 6.62. The average Bonchev–Trinajstić information content (AvgIpc) is 2.45. The number of urea groups is 1. The molecule has 4 N–H and O–H groups in total. The molecule has 0 aliphatic rings. The van der Waals surface area contributed by atoms with Crippen molar-refractivity contribution in [1.82, 2.24) is 10.9 Å². The molecule has 0 heterocycles. The van der Waals surface area contributed by atoms with Crippen LogP contribution in [0.4, 0.5) is 10.5 Å². The topological polar surface area (TPSA) is 90.5 Å². The van der Waals surface area contributed by atoms with Gasteiger partial charge in [-0.15, -0.1) is 0 Å². The van der Waals surface area contributed by atoms with Crippen LogP contribution >= 0.6 is 11.6 Å². The standard InChI is InChI=1S/C14H12ClN3O3/c15-10-2-1-3-11(8-10)16-14(21)18-17-13(20)9-4-6-12(19)7-5-9/h1-8,19H,(H,17,20)(H2,16,18,21). The molecule has 0 aliphatic carbocycles. The van der Waals surface area contributed by atoms with Gasteiger partial charge in [0.1, 0.15) is 5.75 Å². The Bertz CT molecular complexity index is 659. The highest BCUT2D eigenvalue weighted by Crippen LogP contribution is 2.14. The van der Waals surface area contributed by atoms with Crippen molar-refractivity contribution in [3.8, 4) is 5.75 Å². The Balaban J connectivity index is 1.86. The number of amides is 3. The van der Waals surface area contributed by atoms with E-state index in [-0.39, 0.29) is 5.75 Å². The van der Waals surface area contributed by atoms with Crippen molar-refractivity contribution in [3.63, 3.8) is 0 Å². The van der Waals surface area contributed by atoms with Crippen LogP contribution in [0.5, 0.6) is 5.75 Å². The van der Waals surface area contributed by atoms with Crippen molar-refractivity contribution in [2.24, 2.45) is 0 Å². The van der Waals surface area contributed by atoms with Gasteiger partial charge in [0.25, 0.3) is 5.91 Å². The smallest absolute Gasteiger partial charge is 0.337 e. The van der Waals surface area contributed by atoms with Gasteiger partial charge in [-0.25, -0.2) is 10.2 Å². The van der Waals surface area contributed by atoms with Crippen LogP contribution in [0.25, 0.3) is 0 Å². The van der Waals surface area contributed by atoms with Crippen LogP contribution in [0.2, 0.25) is 5.02 Å². The Labute approximate surface area is 125 Å². The molecular formula is C14H12ClN3O3. The van der Waals surface area contributed by atoms with Gasteiger partial charge < -0.3 is 10.4 Å². The lowest BCUT2D eigenvalue weighted by molar-refractivity contribution is 0.0938. The van der Waals surface area contributed by atoms with E-state index >= 15 is 0 Å². The predicted molar refractivity (Wildman–Crippen MR) is 79.2 cm³/mol. The number of anilines is 1. The SMILES string of the molecule is O=C(NNC(=O)c1ccc(O)cc1)Nc1cccc(Cl)c1. The zero-order valence-corrected chi connectivity index (χ0v) is 11.5. The van der Waals surface area contributed by atoms with Crippen LogP contribution in [0.3, 0.4) is 0 Å². The summed E-state index contributed by atoms with van der Waals surface area (Å²) in [5.74, 6) is -0.450. The van der Waals surface area contributed by atoms with Crippen LogP contribution in [-0.2, 0) is 0 Å². The van der Waals surface area contributed by atoms with E-state index in [1.165, 1.54) is 24.3 Å². The highest BCUT2D eigenvalue weighted by molar-refractivity contribution is 6.30. The number of phenolic OH excluding ortho intramolecular Hbond substituents is 1. The third-order valence-electron chi connectivity index (χ3n) is 2.50. The molecule has 2 aromatic rings. The van der Waals surface area contributed by atoms with Crippen LogP contribution in [0.1, 0.15) is 10.4 Å². The largest absolute Gasteiger partial charge is 0.508 e. The van der Waals surface area contributed by atoms with E-state index in [9.17, 15) is 9.59 Å². The Morgan fingerprint density at radius 3 is 2.38 bits per heavy atom. The number of hydrogen-bond donors (Lipinski definition) is 4. The Kier molecular flexibility index (Phi) is 4.63. The van der Waals surface area contributed by atoms with Gasteiger partial charge in [0.05, 0.1) is 0 Å². The summed E-state index contributed by atoms with van der Waals surface area (Å²) in [4.78, 5) is 23.3. The Hall–Kier alpha value is -2.73. The van der Waals surface area contributed by atoms with Crippen molar-refractivity contribution >= 4 is 29.2 Å². The summed E-state index contributed by atoms with van der Waals surface area (Å²) >= 11 is 5.79. The predicted octanol–water partition coefficient (Wildman–Crippen LogP) is 2.51. The lowest BCUT2D eigenvalue weighted by atomic mass is 10.2. The zero-order valence-electron chi connectivity index (χ0n) is 10.8. The maximum atomic E-state index is 11.7. The van der Waals surface area contributed by atoms with Gasteiger partial charge in [-0.05, 0) is 42.5 Å². The lowest BCUT2D eigenvalue weighted by Gasteiger charge is -2.09. The van der Waals surface area contributed by atoms with E-state index in [4.69, 9.17) is 16.7 Å². The summed E-state index contributed by atoms with van der Waals surface area (Å²) in [7, 11) is 0. The molecule has 0 atom stereocenters. The number of halogens is 1. The first-order valence-electron chi connectivity index (χ1n) is 5.96. The minimum atomic E-state index is -0.607. The van der Waals surface area contributed by atoms with Gasteiger partial charge in [0.15, 0.2) is 0 Å². The third-order valence-corrected chi connectivity index (χ3v) is 2.74. The van der Waals surface area contributed by atoms with Gasteiger partial charge in [0, 0.05) is 16.3 Å². The highest BCUT2D eigenvalue weighted by atomic mass is 35.5. The van der Waals surface area contributed by atoms with Gasteiger partial charge in [0.2, 0.25) is 0 Å². The van der Waals surface area contributed by atoms with Gasteiger partial charge in [-0.2, -0.15) is 0 Å².